The van der Waals surface area contributed by atoms with Gasteiger partial charge in [0.15, 0.2) is 0 Å². The number of carbonyl (C=O) groups is 2. The van der Waals surface area contributed by atoms with Crippen molar-refractivity contribution in [1.82, 2.24) is 10.9 Å². The third kappa shape index (κ3) is 4.31. The Kier molecular flexibility index (Phi) is 4.50. The van der Waals surface area contributed by atoms with Crippen LogP contribution in [-0.4, -0.2) is 16.9 Å². The van der Waals surface area contributed by atoms with Crippen LogP contribution in [0.25, 0.3) is 0 Å². The van der Waals surface area contributed by atoms with Crippen LogP contribution in [0.2, 0.25) is 0 Å². The minimum Gasteiger partial charge on any atom is -0.508 e. The fourth-order valence-corrected chi connectivity index (χ4v) is 1.70. The molecule has 0 aromatic heterocycles. The number of halogens is 1. The molecule has 0 aliphatic heterocycles. The van der Waals surface area contributed by atoms with Crippen LogP contribution in [0, 0.1) is 5.82 Å². The third-order valence-electron chi connectivity index (χ3n) is 2.70. The fraction of sp³-hybridized carbons (Fsp3) is 0.0667. The fourth-order valence-electron chi connectivity index (χ4n) is 1.70. The summed E-state index contributed by atoms with van der Waals surface area (Å²) in [6.45, 7) is 0. The summed E-state index contributed by atoms with van der Waals surface area (Å²) in [6, 6.07) is 11.2. The molecule has 0 heterocycles. The van der Waals surface area contributed by atoms with Gasteiger partial charge in [-0.15, -0.1) is 0 Å². The number of carbonyl (C=O) groups excluding carboxylic acids is 2. The lowest BCUT2D eigenvalue weighted by molar-refractivity contribution is -0.121. The van der Waals surface area contributed by atoms with Gasteiger partial charge in [0.1, 0.15) is 11.6 Å². The number of phenols is 1. The summed E-state index contributed by atoms with van der Waals surface area (Å²) in [5.74, 6) is -1.36. The summed E-state index contributed by atoms with van der Waals surface area (Å²) in [6.07, 6.45) is 0.0120. The zero-order valence-electron chi connectivity index (χ0n) is 11.0. The molecule has 0 saturated carbocycles. The average molecular weight is 288 g/mol. The van der Waals surface area contributed by atoms with E-state index in [1.54, 1.807) is 12.1 Å². The van der Waals surface area contributed by atoms with Gasteiger partial charge in [0.2, 0.25) is 5.91 Å². The molecule has 0 bridgehead atoms. The molecule has 2 aromatic rings. The standard InChI is InChI=1S/C15H13FN2O3/c16-12-6-4-11(5-7-12)15(21)18-17-14(20)9-10-2-1-3-13(19)8-10/h1-8,19H,9H2,(H,17,20)(H,18,21). The molecule has 0 spiro atoms. The first kappa shape index (κ1) is 14.5. The van der Waals surface area contributed by atoms with Crippen LogP contribution < -0.4 is 10.9 Å². The van der Waals surface area contributed by atoms with Crippen molar-refractivity contribution in [3.8, 4) is 5.75 Å². The van der Waals surface area contributed by atoms with E-state index in [2.05, 4.69) is 10.9 Å². The second kappa shape index (κ2) is 6.51. The molecule has 0 atom stereocenters. The number of amides is 2. The molecule has 0 fully saturated rings. The van der Waals surface area contributed by atoms with Crippen molar-refractivity contribution in [3.05, 3.63) is 65.5 Å². The molecule has 0 aliphatic rings. The number of aromatic hydroxyl groups is 1. The number of hydrogen-bond donors (Lipinski definition) is 3. The Morgan fingerprint density at radius 1 is 1.05 bits per heavy atom. The van der Waals surface area contributed by atoms with Crippen molar-refractivity contribution in [2.75, 3.05) is 0 Å². The Morgan fingerprint density at radius 3 is 2.43 bits per heavy atom. The molecule has 0 unspecified atom stereocenters. The maximum absolute atomic E-state index is 12.7. The Hall–Kier alpha value is -2.89. The Morgan fingerprint density at radius 2 is 1.76 bits per heavy atom. The Balaban J connectivity index is 1.86. The predicted octanol–water partition coefficient (Wildman–Crippen LogP) is 1.53. The van der Waals surface area contributed by atoms with Crippen molar-refractivity contribution < 1.29 is 19.1 Å². The summed E-state index contributed by atoms with van der Waals surface area (Å²) >= 11 is 0. The van der Waals surface area contributed by atoms with Crippen LogP contribution in [0.3, 0.4) is 0 Å². The van der Waals surface area contributed by atoms with E-state index in [1.165, 1.54) is 24.3 Å². The second-order valence-electron chi connectivity index (χ2n) is 4.36. The lowest BCUT2D eigenvalue weighted by Crippen LogP contribution is -2.42. The van der Waals surface area contributed by atoms with Gasteiger partial charge >= 0.3 is 0 Å². The molecular formula is C15H13FN2O3. The van der Waals surface area contributed by atoms with Gasteiger partial charge in [0, 0.05) is 5.56 Å². The minimum atomic E-state index is -0.542. The van der Waals surface area contributed by atoms with E-state index in [9.17, 15) is 19.1 Å². The highest BCUT2D eigenvalue weighted by atomic mass is 19.1. The van der Waals surface area contributed by atoms with E-state index in [0.717, 1.165) is 12.1 Å². The van der Waals surface area contributed by atoms with Crippen LogP contribution in [0.1, 0.15) is 15.9 Å². The van der Waals surface area contributed by atoms with Crippen molar-refractivity contribution in [2.24, 2.45) is 0 Å². The molecule has 2 rings (SSSR count). The van der Waals surface area contributed by atoms with Gasteiger partial charge in [-0.05, 0) is 42.0 Å². The molecule has 3 N–H and O–H groups in total. The smallest absolute Gasteiger partial charge is 0.269 e. The highest BCUT2D eigenvalue weighted by molar-refractivity contribution is 5.95. The summed E-state index contributed by atoms with van der Waals surface area (Å²) < 4.78 is 12.7. The quantitative estimate of drug-likeness (QED) is 0.750. The van der Waals surface area contributed by atoms with Crippen LogP contribution in [-0.2, 0) is 11.2 Å². The molecule has 0 saturated heterocycles. The molecule has 5 nitrogen and oxygen atoms in total. The Labute approximate surface area is 120 Å². The number of phenolic OH excluding ortho intramolecular Hbond substituents is 1. The average Bonchev–Trinajstić information content (AvgIpc) is 2.45. The molecule has 2 amide bonds. The lowest BCUT2D eigenvalue weighted by atomic mass is 10.1. The first-order chi connectivity index (χ1) is 10.0. The van der Waals surface area contributed by atoms with E-state index in [-0.39, 0.29) is 17.7 Å². The molecule has 0 radical (unpaired) electrons. The number of rotatable bonds is 3. The SMILES string of the molecule is O=C(Cc1cccc(O)c1)NNC(=O)c1ccc(F)cc1. The third-order valence-corrected chi connectivity index (χ3v) is 2.70. The number of hydrazine groups is 1. The van der Waals surface area contributed by atoms with E-state index in [4.69, 9.17) is 0 Å². The molecule has 21 heavy (non-hydrogen) atoms. The monoisotopic (exact) mass is 288 g/mol. The van der Waals surface area contributed by atoms with Gasteiger partial charge < -0.3 is 5.11 Å². The molecule has 0 aliphatic carbocycles. The molecule has 2 aromatic carbocycles. The second-order valence-corrected chi connectivity index (χ2v) is 4.36. The molecule has 6 heteroatoms. The first-order valence-electron chi connectivity index (χ1n) is 6.17. The van der Waals surface area contributed by atoms with Gasteiger partial charge in [-0.25, -0.2) is 4.39 Å². The first-order valence-corrected chi connectivity index (χ1v) is 6.17. The van der Waals surface area contributed by atoms with Gasteiger partial charge in [0.25, 0.3) is 5.91 Å². The van der Waals surface area contributed by atoms with Gasteiger partial charge in [-0.3, -0.25) is 20.4 Å². The van der Waals surface area contributed by atoms with Crippen molar-refractivity contribution >= 4 is 11.8 Å². The van der Waals surface area contributed by atoms with Crippen LogP contribution in [0.15, 0.2) is 48.5 Å². The normalized spacial score (nSPS) is 9.95. The van der Waals surface area contributed by atoms with Crippen LogP contribution in [0.5, 0.6) is 5.75 Å². The topological polar surface area (TPSA) is 78.4 Å². The highest BCUT2D eigenvalue weighted by Gasteiger charge is 2.08. The van der Waals surface area contributed by atoms with Crippen molar-refractivity contribution in [2.45, 2.75) is 6.42 Å². The highest BCUT2D eigenvalue weighted by Crippen LogP contribution is 2.11. The molecule has 108 valence electrons. The summed E-state index contributed by atoms with van der Waals surface area (Å²) in [4.78, 5) is 23.3. The molecular weight excluding hydrogens is 275 g/mol. The maximum Gasteiger partial charge on any atom is 0.269 e. The summed E-state index contributed by atoms with van der Waals surface area (Å²) in [5, 5.41) is 9.28. The summed E-state index contributed by atoms with van der Waals surface area (Å²) in [7, 11) is 0. The maximum atomic E-state index is 12.7. The lowest BCUT2D eigenvalue weighted by Gasteiger charge is -2.07. The zero-order valence-corrected chi connectivity index (χ0v) is 11.0. The van der Waals surface area contributed by atoms with E-state index in [0.29, 0.717) is 5.56 Å². The van der Waals surface area contributed by atoms with Crippen molar-refractivity contribution in [1.29, 1.82) is 0 Å². The zero-order chi connectivity index (χ0) is 15.2. The van der Waals surface area contributed by atoms with Gasteiger partial charge in [-0.1, -0.05) is 12.1 Å². The van der Waals surface area contributed by atoms with Crippen LogP contribution >= 0.6 is 0 Å². The van der Waals surface area contributed by atoms with E-state index >= 15 is 0 Å². The van der Waals surface area contributed by atoms with Gasteiger partial charge in [0.05, 0.1) is 6.42 Å². The number of nitrogens with one attached hydrogen (secondary N) is 2. The minimum absolute atomic E-state index is 0.0120. The van der Waals surface area contributed by atoms with E-state index < -0.39 is 17.6 Å². The van der Waals surface area contributed by atoms with Crippen molar-refractivity contribution in [3.63, 3.8) is 0 Å². The van der Waals surface area contributed by atoms with Gasteiger partial charge in [-0.2, -0.15) is 0 Å². The Bertz CT molecular complexity index is 656. The van der Waals surface area contributed by atoms with E-state index in [1.807, 2.05) is 0 Å². The number of hydrogen-bond acceptors (Lipinski definition) is 3. The predicted molar refractivity (Wildman–Crippen MR) is 73.8 cm³/mol. The van der Waals surface area contributed by atoms with Crippen LogP contribution in [0.4, 0.5) is 4.39 Å². The number of benzene rings is 2. The summed E-state index contributed by atoms with van der Waals surface area (Å²) in [5.41, 5.74) is 5.32. The largest absolute Gasteiger partial charge is 0.508 e.